The highest BCUT2D eigenvalue weighted by atomic mass is 32.1. The van der Waals surface area contributed by atoms with Gasteiger partial charge in [0, 0.05) is 18.0 Å². The van der Waals surface area contributed by atoms with E-state index in [1.54, 1.807) is 22.9 Å². The van der Waals surface area contributed by atoms with E-state index in [1.165, 1.54) is 11.3 Å². The molecule has 0 bridgehead atoms. The molecule has 8 heteroatoms. The zero-order valence-corrected chi connectivity index (χ0v) is 19.1. The van der Waals surface area contributed by atoms with E-state index in [2.05, 4.69) is 4.98 Å². The summed E-state index contributed by atoms with van der Waals surface area (Å²) in [5, 5.41) is 0.695. The van der Waals surface area contributed by atoms with Crippen LogP contribution in [0.2, 0.25) is 0 Å². The number of carbonyl (C=O) groups excluding carboxylic acids is 1. The van der Waals surface area contributed by atoms with Crippen LogP contribution in [0, 0.1) is 0 Å². The predicted molar refractivity (Wildman–Crippen MR) is 121 cm³/mol. The lowest BCUT2D eigenvalue weighted by Gasteiger charge is -2.29. The van der Waals surface area contributed by atoms with Crippen molar-refractivity contribution in [3.63, 3.8) is 0 Å². The standard InChI is InChI=1S/C23H27N3O4S/c1-23(2,3)30-22(28)25-12-10-17-18(13-25)31-20-19(17)21(27)26(14-24-20)11-9-15-5-7-16(29-4)8-6-15/h5-8,14H,9-13H2,1-4H3. The van der Waals surface area contributed by atoms with Gasteiger partial charge in [-0.3, -0.25) is 9.36 Å². The molecule has 0 radical (unpaired) electrons. The number of amides is 1. The lowest BCUT2D eigenvalue weighted by Crippen LogP contribution is -2.39. The highest BCUT2D eigenvalue weighted by Crippen LogP contribution is 2.32. The molecule has 164 valence electrons. The van der Waals surface area contributed by atoms with Gasteiger partial charge in [-0.25, -0.2) is 9.78 Å². The molecule has 0 atom stereocenters. The molecule has 3 heterocycles. The fraction of sp³-hybridized carbons (Fsp3) is 0.435. The van der Waals surface area contributed by atoms with Crippen molar-refractivity contribution in [2.24, 2.45) is 0 Å². The molecule has 0 N–H and O–H groups in total. The number of fused-ring (bicyclic) bond motifs is 3. The Labute approximate surface area is 185 Å². The number of aromatic nitrogens is 2. The van der Waals surface area contributed by atoms with E-state index in [1.807, 2.05) is 45.0 Å². The molecule has 3 aromatic rings. The fourth-order valence-electron chi connectivity index (χ4n) is 3.70. The van der Waals surface area contributed by atoms with Crippen LogP contribution < -0.4 is 10.3 Å². The van der Waals surface area contributed by atoms with E-state index in [4.69, 9.17) is 9.47 Å². The third kappa shape index (κ3) is 4.58. The maximum absolute atomic E-state index is 13.2. The number of thiophene rings is 1. The first-order chi connectivity index (χ1) is 14.7. The van der Waals surface area contributed by atoms with Gasteiger partial charge in [-0.15, -0.1) is 11.3 Å². The monoisotopic (exact) mass is 441 g/mol. The summed E-state index contributed by atoms with van der Waals surface area (Å²) in [5.41, 5.74) is 1.61. The Kier molecular flexibility index (Phi) is 5.75. The van der Waals surface area contributed by atoms with E-state index < -0.39 is 5.60 Å². The molecular formula is C23H27N3O4S. The zero-order chi connectivity index (χ0) is 22.2. The number of methoxy groups -OCH3 is 1. The van der Waals surface area contributed by atoms with Gasteiger partial charge >= 0.3 is 6.09 Å². The second-order valence-corrected chi connectivity index (χ2v) is 9.76. The first kappa shape index (κ1) is 21.4. The van der Waals surface area contributed by atoms with Crippen molar-refractivity contribution in [3.05, 3.63) is 57.0 Å². The smallest absolute Gasteiger partial charge is 0.410 e. The number of carbonyl (C=O) groups is 1. The minimum Gasteiger partial charge on any atom is -0.497 e. The molecule has 1 aliphatic heterocycles. The SMILES string of the molecule is COc1ccc(CCn2cnc3sc4c(c3c2=O)CCN(C(=O)OC(C)(C)C)C4)cc1. The minimum absolute atomic E-state index is 0.0123. The summed E-state index contributed by atoms with van der Waals surface area (Å²) < 4.78 is 12.4. The summed E-state index contributed by atoms with van der Waals surface area (Å²) in [4.78, 5) is 33.6. The maximum atomic E-state index is 13.2. The summed E-state index contributed by atoms with van der Waals surface area (Å²) >= 11 is 1.49. The predicted octanol–water partition coefficient (Wildman–Crippen LogP) is 4.00. The number of nitrogens with zero attached hydrogens (tertiary/aromatic N) is 3. The third-order valence-electron chi connectivity index (χ3n) is 5.28. The van der Waals surface area contributed by atoms with Crippen LogP contribution in [0.4, 0.5) is 4.79 Å². The summed E-state index contributed by atoms with van der Waals surface area (Å²) in [5.74, 6) is 0.814. The number of benzene rings is 1. The third-order valence-corrected chi connectivity index (χ3v) is 6.40. The van der Waals surface area contributed by atoms with Crippen LogP contribution in [0.15, 0.2) is 35.4 Å². The minimum atomic E-state index is -0.531. The molecule has 31 heavy (non-hydrogen) atoms. The van der Waals surface area contributed by atoms with Gasteiger partial charge in [-0.05, 0) is 56.9 Å². The van der Waals surface area contributed by atoms with E-state index in [0.717, 1.165) is 33.0 Å². The highest BCUT2D eigenvalue weighted by molar-refractivity contribution is 7.18. The van der Waals surface area contributed by atoms with Gasteiger partial charge in [0.05, 0.1) is 25.4 Å². The molecule has 1 amide bonds. The molecular weight excluding hydrogens is 414 g/mol. The van der Waals surface area contributed by atoms with Crippen LogP contribution in [0.3, 0.4) is 0 Å². The maximum Gasteiger partial charge on any atom is 0.410 e. The highest BCUT2D eigenvalue weighted by Gasteiger charge is 2.29. The van der Waals surface area contributed by atoms with E-state index in [-0.39, 0.29) is 11.7 Å². The topological polar surface area (TPSA) is 73.7 Å². The second kappa shape index (κ2) is 8.34. The lowest BCUT2D eigenvalue weighted by atomic mass is 10.1. The van der Waals surface area contributed by atoms with Crippen LogP contribution in [0.1, 0.15) is 36.8 Å². The molecule has 0 spiro atoms. The molecule has 4 rings (SSSR count). The molecule has 0 unspecified atom stereocenters. The fourth-order valence-corrected chi connectivity index (χ4v) is 4.90. The van der Waals surface area contributed by atoms with Gasteiger partial charge < -0.3 is 14.4 Å². The van der Waals surface area contributed by atoms with Crippen molar-refractivity contribution < 1.29 is 14.3 Å². The number of ether oxygens (including phenoxy) is 2. The van der Waals surface area contributed by atoms with Crippen molar-refractivity contribution in [3.8, 4) is 5.75 Å². The van der Waals surface area contributed by atoms with Crippen LogP contribution >= 0.6 is 11.3 Å². The summed E-state index contributed by atoms with van der Waals surface area (Å²) in [7, 11) is 1.64. The van der Waals surface area contributed by atoms with E-state index >= 15 is 0 Å². The Balaban J connectivity index is 1.54. The van der Waals surface area contributed by atoms with Crippen molar-refractivity contribution >= 4 is 27.6 Å². The molecule has 7 nitrogen and oxygen atoms in total. The Bertz CT molecular complexity index is 1160. The first-order valence-corrected chi connectivity index (χ1v) is 11.2. The number of rotatable bonds is 4. The molecule has 1 aromatic carbocycles. The van der Waals surface area contributed by atoms with Crippen LogP contribution in [-0.4, -0.2) is 39.8 Å². The largest absolute Gasteiger partial charge is 0.497 e. The van der Waals surface area contributed by atoms with Gasteiger partial charge in [-0.1, -0.05) is 12.1 Å². The Hall–Kier alpha value is -2.87. The zero-order valence-electron chi connectivity index (χ0n) is 18.3. The molecule has 1 aliphatic rings. The first-order valence-electron chi connectivity index (χ1n) is 10.4. The van der Waals surface area contributed by atoms with Crippen LogP contribution in [-0.2, 0) is 30.7 Å². The molecule has 0 saturated carbocycles. The van der Waals surface area contributed by atoms with Gasteiger partial charge in [0.1, 0.15) is 16.2 Å². The average molecular weight is 442 g/mol. The van der Waals surface area contributed by atoms with Gasteiger partial charge in [0.2, 0.25) is 0 Å². The van der Waals surface area contributed by atoms with Crippen LogP contribution in [0.5, 0.6) is 5.75 Å². The average Bonchev–Trinajstić information content (AvgIpc) is 3.11. The quantitative estimate of drug-likeness (QED) is 0.612. The van der Waals surface area contributed by atoms with Gasteiger partial charge in [-0.2, -0.15) is 0 Å². The van der Waals surface area contributed by atoms with E-state index in [9.17, 15) is 9.59 Å². The summed E-state index contributed by atoms with van der Waals surface area (Å²) in [6, 6.07) is 7.86. The van der Waals surface area contributed by atoms with E-state index in [0.29, 0.717) is 31.4 Å². The number of aryl methyl sites for hydroxylation is 2. The normalized spacial score (nSPS) is 13.9. The second-order valence-electron chi connectivity index (χ2n) is 8.68. The van der Waals surface area contributed by atoms with Crippen molar-refractivity contribution in [1.82, 2.24) is 14.5 Å². The summed E-state index contributed by atoms with van der Waals surface area (Å²) in [6.07, 6.45) is 2.67. The Morgan fingerprint density at radius 2 is 1.97 bits per heavy atom. The summed E-state index contributed by atoms with van der Waals surface area (Å²) in [6.45, 7) is 7.13. The van der Waals surface area contributed by atoms with Gasteiger partial charge in [0.15, 0.2) is 0 Å². The van der Waals surface area contributed by atoms with Crippen molar-refractivity contribution in [2.45, 2.75) is 52.3 Å². The van der Waals surface area contributed by atoms with Gasteiger partial charge in [0.25, 0.3) is 5.56 Å². The molecule has 0 fully saturated rings. The van der Waals surface area contributed by atoms with Crippen molar-refractivity contribution in [1.29, 1.82) is 0 Å². The lowest BCUT2D eigenvalue weighted by molar-refractivity contribution is 0.0227. The van der Waals surface area contributed by atoms with Crippen molar-refractivity contribution in [2.75, 3.05) is 13.7 Å². The Morgan fingerprint density at radius 1 is 1.23 bits per heavy atom. The van der Waals surface area contributed by atoms with Crippen LogP contribution in [0.25, 0.3) is 10.2 Å². The molecule has 2 aromatic heterocycles. The number of hydrogen-bond donors (Lipinski definition) is 0. The molecule has 0 aliphatic carbocycles. The Morgan fingerprint density at radius 3 is 2.65 bits per heavy atom. The molecule has 0 saturated heterocycles. The number of hydrogen-bond acceptors (Lipinski definition) is 6.